The van der Waals surface area contributed by atoms with Crippen molar-refractivity contribution in [3.63, 3.8) is 0 Å². The molecule has 0 aliphatic heterocycles. The molecule has 2 aliphatic carbocycles. The number of hydrogen-bond donors (Lipinski definition) is 4. The van der Waals surface area contributed by atoms with E-state index in [0.29, 0.717) is 30.3 Å². The van der Waals surface area contributed by atoms with Gasteiger partial charge in [0.05, 0.1) is 31.2 Å². The molecule has 0 aromatic carbocycles. The van der Waals surface area contributed by atoms with Crippen LogP contribution in [0, 0.1) is 16.7 Å². The maximum absolute atomic E-state index is 13.0. The Balaban J connectivity index is 1.67. The van der Waals surface area contributed by atoms with Crippen LogP contribution in [0.2, 0.25) is 0 Å². The Bertz CT molecular complexity index is 990. The minimum atomic E-state index is -0.675. The normalized spacial score (nSPS) is 31.5. The number of carbonyl (C=O) groups is 2. The predicted molar refractivity (Wildman–Crippen MR) is 120 cm³/mol. The van der Waals surface area contributed by atoms with Gasteiger partial charge in [0, 0.05) is 29.6 Å². The van der Waals surface area contributed by atoms with Gasteiger partial charge in [-0.2, -0.15) is 0 Å². The third-order valence-corrected chi connectivity index (χ3v) is 8.61. The number of rotatable bonds is 6. The van der Waals surface area contributed by atoms with Crippen LogP contribution < -0.4 is 10.6 Å². The van der Waals surface area contributed by atoms with Gasteiger partial charge in [-0.15, -0.1) is 11.3 Å². The highest BCUT2D eigenvalue weighted by Gasteiger charge is 2.59. The van der Waals surface area contributed by atoms with Crippen LogP contribution in [-0.2, 0) is 22.6 Å². The van der Waals surface area contributed by atoms with E-state index < -0.39 is 11.5 Å². The molecule has 1 fully saturated rings. The zero-order valence-electron chi connectivity index (χ0n) is 18.7. The third kappa shape index (κ3) is 3.97. The van der Waals surface area contributed by atoms with Gasteiger partial charge < -0.3 is 25.3 Å². The summed E-state index contributed by atoms with van der Waals surface area (Å²) in [5.41, 5.74) is -0.152. The van der Waals surface area contributed by atoms with E-state index in [-0.39, 0.29) is 42.1 Å². The molecule has 9 heteroatoms. The summed E-state index contributed by atoms with van der Waals surface area (Å²) < 4.78 is 5.31. The molecular weight excluding hydrogens is 430 g/mol. The van der Waals surface area contributed by atoms with Gasteiger partial charge in [-0.25, -0.2) is 4.98 Å². The highest BCUT2D eigenvalue weighted by Crippen LogP contribution is 2.62. The van der Waals surface area contributed by atoms with Crippen LogP contribution in [0.5, 0.6) is 0 Å². The largest absolute Gasteiger partial charge is 0.467 e. The molecular formula is C23H31N3O5S. The van der Waals surface area contributed by atoms with Crippen LogP contribution in [0.1, 0.15) is 62.3 Å². The summed E-state index contributed by atoms with van der Waals surface area (Å²) in [6, 6.07) is 3.59. The Morgan fingerprint density at radius 3 is 2.81 bits per heavy atom. The number of nitrogens with zero attached hydrogens (tertiary/aromatic N) is 1. The van der Waals surface area contributed by atoms with E-state index in [1.807, 2.05) is 13.0 Å². The first-order chi connectivity index (χ1) is 15.2. The Morgan fingerprint density at radius 2 is 2.16 bits per heavy atom. The van der Waals surface area contributed by atoms with Crippen molar-refractivity contribution in [1.82, 2.24) is 10.3 Å². The maximum atomic E-state index is 13.0. The molecule has 8 nitrogen and oxygen atoms in total. The molecule has 4 N–H and O–H groups in total. The summed E-state index contributed by atoms with van der Waals surface area (Å²) in [7, 11) is 0. The van der Waals surface area contributed by atoms with Gasteiger partial charge in [0.1, 0.15) is 5.76 Å². The predicted octanol–water partition coefficient (Wildman–Crippen LogP) is 2.82. The number of anilines is 1. The highest BCUT2D eigenvalue weighted by molar-refractivity contribution is 7.15. The Morgan fingerprint density at radius 1 is 1.38 bits per heavy atom. The second-order valence-electron chi connectivity index (χ2n) is 9.60. The van der Waals surface area contributed by atoms with Crippen molar-refractivity contribution in [2.45, 2.75) is 65.0 Å². The molecule has 0 saturated heterocycles. The summed E-state index contributed by atoms with van der Waals surface area (Å²) >= 11 is 1.42. The van der Waals surface area contributed by atoms with Gasteiger partial charge >= 0.3 is 0 Å². The molecule has 0 unspecified atom stereocenters. The van der Waals surface area contributed by atoms with Crippen molar-refractivity contribution in [2.75, 3.05) is 11.9 Å². The van der Waals surface area contributed by atoms with E-state index in [2.05, 4.69) is 17.6 Å². The van der Waals surface area contributed by atoms with Gasteiger partial charge in [-0.05, 0) is 42.7 Å². The van der Waals surface area contributed by atoms with Crippen LogP contribution >= 0.6 is 11.3 Å². The number of hydrogen-bond acceptors (Lipinski definition) is 7. The smallest absolute Gasteiger partial charge is 0.223 e. The standard InChI is InChI=1S/C23H31N3O5S/c1-13(28)25-21-26-20-15(9-19(30)24-11-14-5-4-8-31-14)22(2)7-6-18(29)23(3,12-27)17(22)10-16(20)32-21/h4-5,8,15,17-18,27,29H,6-7,9-12H2,1-3H3,(H,24,30)(H,25,26,28)/t15-,17+,18-,22+,23+/m1/s1. The molecule has 0 spiro atoms. The fourth-order valence-corrected chi connectivity index (χ4v) is 6.82. The average molecular weight is 462 g/mol. The number of furan rings is 1. The lowest BCUT2D eigenvalue weighted by molar-refractivity contribution is -0.144. The maximum Gasteiger partial charge on any atom is 0.223 e. The van der Waals surface area contributed by atoms with Gasteiger partial charge in [-0.1, -0.05) is 13.8 Å². The molecule has 0 bridgehead atoms. The van der Waals surface area contributed by atoms with Crippen LogP contribution in [0.4, 0.5) is 5.13 Å². The highest BCUT2D eigenvalue weighted by atomic mass is 32.1. The number of aromatic nitrogens is 1. The second kappa shape index (κ2) is 8.61. The Hall–Kier alpha value is -2.23. The molecule has 2 aliphatic rings. The average Bonchev–Trinajstić information content (AvgIpc) is 3.40. The summed E-state index contributed by atoms with van der Waals surface area (Å²) in [4.78, 5) is 30.3. The zero-order chi connectivity index (χ0) is 23.1. The molecule has 1 saturated carbocycles. The summed E-state index contributed by atoms with van der Waals surface area (Å²) in [5.74, 6) is 0.171. The first kappa shape index (κ1) is 22.9. The number of aliphatic hydroxyl groups excluding tert-OH is 2. The van der Waals surface area contributed by atoms with Crippen molar-refractivity contribution in [3.8, 4) is 0 Å². The number of nitrogens with one attached hydrogen (secondary N) is 2. The first-order valence-electron chi connectivity index (χ1n) is 11.0. The monoisotopic (exact) mass is 461 g/mol. The first-order valence-corrected chi connectivity index (χ1v) is 11.8. The van der Waals surface area contributed by atoms with Crippen LogP contribution in [0.25, 0.3) is 0 Å². The van der Waals surface area contributed by atoms with E-state index in [4.69, 9.17) is 9.40 Å². The number of thiazole rings is 1. The molecule has 32 heavy (non-hydrogen) atoms. The lowest BCUT2D eigenvalue weighted by Crippen LogP contribution is -2.57. The van der Waals surface area contributed by atoms with Crippen LogP contribution in [0.15, 0.2) is 22.8 Å². The lowest BCUT2D eigenvalue weighted by atomic mass is 9.47. The number of aliphatic hydroxyl groups is 2. The van der Waals surface area contributed by atoms with Gasteiger partial charge in [0.15, 0.2) is 5.13 Å². The van der Waals surface area contributed by atoms with E-state index >= 15 is 0 Å². The molecule has 0 radical (unpaired) electrons. The fourth-order valence-electron chi connectivity index (χ4n) is 5.71. The van der Waals surface area contributed by atoms with Crippen molar-refractivity contribution in [1.29, 1.82) is 0 Å². The topological polar surface area (TPSA) is 125 Å². The zero-order valence-corrected chi connectivity index (χ0v) is 19.5. The molecule has 2 amide bonds. The van der Waals surface area contributed by atoms with Crippen LogP contribution in [0.3, 0.4) is 0 Å². The minimum Gasteiger partial charge on any atom is -0.467 e. The molecule has 5 atom stereocenters. The van der Waals surface area contributed by atoms with Gasteiger partial charge in [0.2, 0.25) is 11.8 Å². The fraction of sp³-hybridized carbons (Fsp3) is 0.609. The minimum absolute atomic E-state index is 0.0234. The van der Waals surface area contributed by atoms with E-state index in [1.54, 1.807) is 12.3 Å². The van der Waals surface area contributed by atoms with E-state index in [9.17, 15) is 19.8 Å². The summed E-state index contributed by atoms with van der Waals surface area (Å²) in [6.07, 6.45) is 3.15. The quantitative estimate of drug-likeness (QED) is 0.524. The number of amides is 2. The molecule has 174 valence electrons. The molecule has 4 rings (SSSR count). The molecule has 2 heterocycles. The van der Waals surface area contributed by atoms with Gasteiger partial charge in [-0.3, -0.25) is 9.59 Å². The third-order valence-electron chi connectivity index (χ3n) is 7.61. The van der Waals surface area contributed by atoms with Crippen molar-refractivity contribution in [3.05, 3.63) is 34.7 Å². The number of fused-ring (bicyclic) bond motifs is 2. The molecule has 2 aromatic rings. The SMILES string of the molecule is CC(=O)Nc1nc2c(s1)C[C@@H]1[C@](C)(CO)[C@H](O)CC[C@@]1(C)[C@@H]2CC(=O)NCc1ccco1. The van der Waals surface area contributed by atoms with Crippen LogP contribution in [-0.4, -0.2) is 39.7 Å². The summed E-state index contributed by atoms with van der Waals surface area (Å²) in [5, 5.41) is 27.3. The van der Waals surface area contributed by atoms with E-state index in [0.717, 1.165) is 17.0 Å². The Kier molecular flexibility index (Phi) is 6.17. The summed E-state index contributed by atoms with van der Waals surface area (Å²) in [6.45, 7) is 5.72. The van der Waals surface area contributed by atoms with E-state index in [1.165, 1.54) is 18.3 Å². The van der Waals surface area contributed by atoms with Crippen molar-refractivity contribution in [2.24, 2.45) is 16.7 Å². The second-order valence-corrected chi connectivity index (χ2v) is 10.7. The van der Waals surface area contributed by atoms with Crippen molar-refractivity contribution >= 4 is 28.3 Å². The Labute approximate surface area is 191 Å². The van der Waals surface area contributed by atoms with Crippen molar-refractivity contribution < 1.29 is 24.2 Å². The lowest BCUT2D eigenvalue weighted by Gasteiger charge is -2.58. The van der Waals surface area contributed by atoms with Gasteiger partial charge in [0.25, 0.3) is 0 Å². The molecule has 2 aromatic heterocycles. The number of carbonyl (C=O) groups excluding carboxylic acids is 2.